The van der Waals surface area contributed by atoms with E-state index in [9.17, 15) is 9.59 Å². The SMILES string of the molecule is COC(=S)NC[C@H]1CN(c2ccc(N3CCN(C(=O)CO)CC3)cc2)C(=O)O1. The van der Waals surface area contributed by atoms with Gasteiger partial charge in [0.25, 0.3) is 5.17 Å². The molecule has 2 heterocycles. The highest BCUT2D eigenvalue weighted by molar-refractivity contribution is 7.80. The van der Waals surface area contributed by atoms with E-state index < -0.39 is 6.61 Å². The van der Waals surface area contributed by atoms with Gasteiger partial charge in [-0.25, -0.2) is 4.79 Å². The molecule has 0 unspecified atom stereocenters. The Hall–Kier alpha value is -2.59. The molecule has 28 heavy (non-hydrogen) atoms. The summed E-state index contributed by atoms with van der Waals surface area (Å²) in [5.41, 5.74) is 1.79. The highest BCUT2D eigenvalue weighted by Crippen LogP contribution is 2.25. The van der Waals surface area contributed by atoms with Crippen LogP contribution in [-0.4, -0.2) is 86.3 Å². The Labute approximate surface area is 168 Å². The van der Waals surface area contributed by atoms with Gasteiger partial charge in [0.1, 0.15) is 12.7 Å². The van der Waals surface area contributed by atoms with Crippen molar-refractivity contribution < 1.29 is 24.2 Å². The van der Waals surface area contributed by atoms with Crippen molar-refractivity contribution in [2.45, 2.75) is 6.10 Å². The van der Waals surface area contributed by atoms with Crippen molar-refractivity contribution in [1.29, 1.82) is 0 Å². The monoisotopic (exact) mass is 408 g/mol. The lowest BCUT2D eigenvalue weighted by Gasteiger charge is -2.36. The van der Waals surface area contributed by atoms with Crippen LogP contribution in [0.4, 0.5) is 16.2 Å². The number of anilines is 2. The molecule has 1 atom stereocenters. The topological polar surface area (TPSA) is 94.6 Å². The maximum absolute atomic E-state index is 12.2. The summed E-state index contributed by atoms with van der Waals surface area (Å²) in [6, 6.07) is 7.68. The Morgan fingerprint density at radius 2 is 1.89 bits per heavy atom. The molecular formula is C18H24N4O5S. The number of aliphatic hydroxyl groups excluding tert-OH is 1. The molecule has 0 aliphatic carbocycles. The van der Waals surface area contributed by atoms with Crippen LogP contribution in [0.1, 0.15) is 0 Å². The van der Waals surface area contributed by atoms with Gasteiger partial charge in [-0.15, -0.1) is 0 Å². The van der Waals surface area contributed by atoms with Crippen LogP contribution in [0.15, 0.2) is 24.3 Å². The first kappa shape index (κ1) is 20.2. The predicted molar refractivity (Wildman–Crippen MR) is 108 cm³/mol. The summed E-state index contributed by atoms with van der Waals surface area (Å²) in [7, 11) is 1.48. The zero-order valence-electron chi connectivity index (χ0n) is 15.7. The van der Waals surface area contributed by atoms with E-state index in [0.717, 1.165) is 11.4 Å². The fourth-order valence-electron chi connectivity index (χ4n) is 3.27. The minimum atomic E-state index is -0.450. The molecule has 9 nitrogen and oxygen atoms in total. The zero-order chi connectivity index (χ0) is 20.1. The number of amides is 2. The van der Waals surface area contributed by atoms with Crippen LogP contribution in [0.2, 0.25) is 0 Å². The molecule has 2 fully saturated rings. The number of carbonyl (C=O) groups is 2. The third-order valence-electron chi connectivity index (χ3n) is 4.83. The van der Waals surface area contributed by atoms with Crippen LogP contribution >= 0.6 is 12.2 Å². The average molecular weight is 408 g/mol. The van der Waals surface area contributed by atoms with E-state index >= 15 is 0 Å². The average Bonchev–Trinajstić information content (AvgIpc) is 3.12. The molecule has 0 spiro atoms. The summed E-state index contributed by atoms with van der Waals surface area (Å²) in [6.07, 6.45) is -0.698. The number of thiocarbonyl (C=S) groups is 1. The summed E-state index contributed by atoms with van der Waals surface area (Å²) >= 11 is 4.92. The van der Waals surface area contributed by atoms with Crippen molar-refractivity contribution in [2.75, 3.05) is 62.8 Å². The Morgan fingerprint density at radius 3 is 2.50 bits per heavy atom. The van der Waals surface area contributed by atoms with Crippen LogP contribution < -0.4 is 15.1 Å². The fraction of sp³-hybridized carbons (Fsp3) is 0.500. The van der Waals surface area contributed by atoms with E-state index in [2.05, 4.69) is 10.2 Å². The van der Waals surface area contributed by atoms with E-state index in [1.54, 1.807) is 9.80 Å². The summed E-state index contributed by atoms with van der Waals surface area (Å²) in [6.45, 7) is 2.93. The lowest BCUT2D eigenvalue weighted by molar-refractivity contribution is -0.134. The second-order valence-corrected chi connectivity index (χ2v) is 6.90. The molecule has 2 aliphatic rings. The Bertz CT molecular complexity index is 721. The third-order valence-corrected chi connectivity index (χ3v) is 5.14. The summed E-state index contributed by atoms with van der Waals surface area (Å²) < 4.78 is 10.2. The number of rotatable bonds is 5. The smallest absolute Gasteiger partial charge is 0.414 e. The summed E-state index contributed by atoms with van der Waals surface area (Å²) in [5, 5.41) is 12.1. The van der Waals surface area contributed by atoms with Crippen molar-refractivity contribution >= 4 is 40.8 Å². The second-order valence-electron chi connectivity index (χ2n) is 6.53. The van der Waals surface area contributed by atoms with E-state index in [4.69, 9.17) is 26.8 Å². The van der Waals surface area contributed by atoms with Crippen molar-refractivity contribution in [3.05, 3.63) is 24.3 Å². The van der Waals surface area contributed by atoms with Gasteiger partial charge in [-0.1, -0.05) is 0 Å². The minimum Gasteiger partial charge on any atom is -0.474 e. The number of benzene rings is 1. The first-order valence-corrected chi connectivity index (χ1v) is 9.46. The Morgan fingerprint density at radius 1 is 1.25 bits per heavy atom. The van der Waals surface area contributed by atoms with Crippen LogP contribution in [0, 0.1) is 0 Å². The molecule has 1 aromatic carbocycles. The minimum absolute atomic E-state index is 0.238. The normalized spacial score (nSPS) is 19.4. The van der Waals surface area contributed by atoms with Crippen LogP contribution in [0.3, 0.4) is 0 Å². The molecular weight excluding hydrogens is 384 g/mol. The Balaban J connectivity index is 1.55. The molecule has 0 saturated carbocycles. The Kier molecular flexibility index (Phi) is 6.53. The number of piperazine rings is 1. The number of nitrogens with zero attached hydrogens (tertiary/aromatic N) is 3. The van der Waals surface area contributed by atoms with Gasteiger partial charge in [-0.3, -0.25) is 9.69 Å². The molecule has 2 amide bonds. The summed E-state index contributed by atoms with van der Waals surface area (Å²) in [4.78, 5) is 29.1. The van der Waals surface area contributed by atoms with Crippen LogP contribution in [-0.2, 0) is 14.3 Å². The number of carbonyl (C=O) groups excluding carboxylic acids is 2. The third kappa shape index (κ3) is 4.63. The molecule has 3 rings (SSSR count). The van der Waals surface area contributed by atoms with Crippen molar-refractivity contribution in [3.8, 4) is 0 Å². The van der Waals surface area contributed by atoms with E-state index in [0.29, 0.717) is 39.3 Å². The molecule has 2 aliphatic heterocycles. The molecule has 2 saturated heterocycles. The number of cyclic esters (lactones) is 1. The molecule has 1 aromatic rings. The number of hydrogen-bond acceptors (Lipinski definition) is 7. The van der Waals surface area contributed by atoms with E-state index in [1.807, 2.05) is 24.3 Å². The lowest BCUT2D eigenvalue weighted by Crippen LogP contribution is -2.49. The van der Waals surface area contributed by atoms with Gasteiger partial charge in [0.05, 0.1) is 20.2 Å². The molecule has 152 valence electrons. The van der Waals surface area contributed by atoms with E-state index in [-0.39, 0.29) is 23.3 Å². The van der Waals surface area contributed by atoms with E-state index in [1.165, 1.54) is 7.11 Å². The maximum atomic E-state index is 12.2. The van der Waals surface area contributed by atoms with Gasteiger partial charge < -0.3 is 29.7 Å². The van der Waals surface area contributed by atoms with Gasteiger partial charge in [-0.05, 0) is 36.5 Å². The number of ether oxygens (including phenoxy) is 2. The number of hydrogen-bond donors (Lipinski definition) is 2. The molecule has 10 heteroatoms. The molecule has 0 aromatic heterocycles. The predicted octanol–water partition coefficient (Wildman–Crippen LogP) is 0.174. The lowest BCUT2D eigenvalue weighted by atomic mass is 10.2. The largest absolute Gasteiger partial charge is 0.474 e. The van der Waals surface area contributed by atoms with Crippen LogP contribution in [0.25, 0.3) is 0 Å². The highest BCUT2D eigenvalue weighted by Gasteiger charge is 2.32. The van der Waals surface area contributed by atoms with Crippen molar-refractivity contribution in [3.63, 3.8) is 0 Å². The number of methoxy groups -OCH3 is 1. The standard InChI is InChI=1S/C18H24N4O5S/c1-26-17(28)19-10-15-11-22(18(25)27-15)14-4-2-13(3-5-14)20-6-8-21(9-7-20)16(24)12-23/h2-5,15,23H,6-12H2,1H3,(H,19,28)/t15-/m0/s1. The molecule has 0 bridgehead atoms. The van der Waals surface area contributed by atoms with Crippen LogP contribution in [0.5, 0.6) is 0 Å². The summed E-state index contributed by atoms with van der Waals surface area (Å²) in [5.74, 6) is -0.238. The highest BCUT2D eigenvalue weighted by atomic mass is 32.1. The molecule has 0 radical (unpaired) electrons. The second kappa shape index (κ2) is 9.07. The van der Waals surface area contributed by atoms with Gasteiger partial charge in [0.2, 0.25) is 5.91 Å². The van der Waals surface area contributed by atoms with Crippen molar-refractivity contribution in [1.82, 2.24) is 10.2 Å². The van der Waals surface area contributed by atoms with Gasteiger partial charge in [0, 0.05) is 37.6 Å². The van der Waals surface area contributed by atoms with Gasteiger partial charge in [0.15, 0.2) is 0 Å². The molecule has 2 N–H and O–H groups in total. The van der Waals surface area contributed by atoms with Crippen molar-refractivity contribution in [2.24, 2.45) is 0 Å². The van der Waals surface area contributed by atoms with Gasteiger partial charge in [-0.2, -0.15) is 0 Å². The van der Waals surface area contributed by atoms with Gasteiger partial charge >= 0.3 is 6.09 Å². The quantitative estimate of drug-likeness (QED) is 0.666. The fourth-order valence-corrected chi connectivity index (χ4v) is 3.35. The maximum Gasteiger partial charge on any atom is 0.414 e. The first-order chi connectivity index (χ1) is 13.5. The first-order valence-electron chi connectivity index (χ1n) is 9.05. The number of nitrogens with one attached hydrogen (secondary N) is 1. The zero-order valence-corrected chi connectivity index (χ0v) is 16.5. The number of aliphatic hydroxyl groups is 1.